The molecule has 0 bridgehead atoms. The van der Waals surface area contributed by atoms with Crippen molar-refractivity contribution in [3.63, 3.8) is 0 Å². The van der Waals surface area contributed by atoms with Crippen LogP contribution in [0, 0.1) is 0 Å². The van der Waals surface area contributed by atoms with Crippen LogP contribution in [0.4, 0.5) is 0 Å². The summed E-state index contributed by atoms with van der Waals surface area (Å²) in [4.78, 5) is 9.24. The number of carboxylic acid groups (broad SMARTS) is 1. The van der Waals surface area contributed by atoms with Crippen molar-refractivity contribution >= 4 is 44.9 Å². The monoisotopic (exact) mass is 302 g/mol. The van der Waals surface area contributed by atoms with Crippen LogP contribution in [-0.2, 0) is 4.79 Å². The van der Waals surface area contributed by atoms with Crippen molar-refractivity contribution in [2.45, 2.75) is 0 Å². The van der Waals surface area contributed by atoms with Crippen molar-refractivity contribution in [2.75, 3.05) is 5.88 Å². The Morgan fingerprint density at radius 1 is 1.83 bits per heavy atom. The fourth-order valence-corrected chi connectivity index (χ4v) is 0. The number of hydrogen-bond acceptors (Lipinski definition) is 1. The van der Waals surface area contributed by atoms with Gasteiger partial charge in [0.25, 0.3) is 0 Å². The average Bonchev–Trinajstić information content (AvgIpc) is 1.38. The van der Waals surface area contributed by atoms with Crippen LogP contribution in [0.25, 0.3) is 0 Å². The van der Waals surface area contributed by atoms with Gasteiger partial charge >= 0.3 is 5.97 Å². The molecular formula is C2H3ClO2Pb. The SMILES string of the molecule is O=C(O)CCl.[Pb]. The van der Waals surface area contributed by atoms with E-state index in [4.69, 9.17) is 16.7 Å². The van der Waals surface area contributed by atoms with Gasteiger partial charge in [0, 0.05) is 27.3 Å². The number of hydrogen-bond donors (Lipinski definition) is 1. The predicted molar refractivity (Wildman–Crippen MR) is 24.1 cm³/mol. The van der Waals surface area contributed by atoms with Crippen molar-refractivity contribution in [1.82, 2.24) is 0 Å². The Kier molecular flexibility index (Phi) is 9.32. The van der Waals surface area contributed by atoms with E-state index < -0.39 is 5.97 Å². The number of carboxylic acids is 1. The first kappa shape index (κ1) is 9.84. The van der Waals surface area contributed by atoms with E-state index in [0.29, 0.717) is 0 Å². The molecule has 4 heteroatoms. The van der Waals surface area contributed by atoms with E-state index in [1.807, 2.05) is 0 Å². The number of rotatable bonds is 1. The zero-order chi connectivity index (χ0) is 4.28. The van der Waals surface area contributed by atoms with Crippen LogP contribution in [0.15, 0.2) is 0 Å². The molecule has 0 aromatic carbocycles. The third-order valence-corrected chi connectivity index (χ3v) is 0.343. The van der Waals surface area contributed by atoms with E-state index in [1.165, 1.54) is 0 Å². The van der Waals surface area contributed by atoms with Gasteiger partial charge in [-0.2, -0.15) is 0 Å². The molecule has 0 aromatic heterocycles. The molecular weight excluding hydrogens is 299 g/mol. The topological polar surface area (TPSA) is 37.3 Å². The standard InChI is InChI=1S/C2H3ClO2.Pb/c3-1-2(4)5;/h1H2,(H,4,5);. The molecule has 0 unspecified atom stereocenters. The van der Waals surface area contributed by atoms with Gasteiger partial charge in [0.2, 0.25) is 0 Å². The second-order valence-electron chi connectivity index (χ2n) is 0.527. The molecule has 6 heavy (non-hydrogen) atoms. The molecule has 0 rings (SSSR count). The van der Waals surface area contributed by atoms with Crippen LogP contribution in [-0.4, -0.2) is 44.3 Å². The van der Waals surface area contributed by atoms with Crippen molar-refractivity contribution < 1.29 is 9.90 Å². The second kappa shape index (κ2) is 5.68. The summed E-state index contributed by atoms with van der Waals surface area (Å²) in [5, 5.41) is 7.59. The molecule has 0 saturated heterocycles. The minimum Gasteiger partial charge on any atom is -0.480 e. The normalized spacial score (nSPS) is 6.17. The van der Waals surface area contributed by atoms with Crippen LogP contribution in [0.5, 0.6) is 0 Å². The molecule has 0 saturated carbocycles. The fraction of sp³-hybridized carbons (Fsp3) is 0.500. The van der Waals surface area contributed by atoms with Gasteiger partial charge in [-0.15, -0.1) is 11.6 Å². The Labute approximate surface area is 60.6 Å². The molecule has 0 amide bonds. The molecule has 0 fully saturated rings. The Bertz CT molecular complexity index is 46.8. The van der Waals surface area contributed by atoms with E-state index in [-0.39, 0.29) is 33.2 Å². The summed E-state index contributed by atoms with van der Waals surface area (Å²) in [6.07, 6.45) is 0. The molecule has 0 aliphatic rings. The summed E-state index contributed by atoms with van der Waals surface area (Å²) in [5.41, 5.74) is 0. The van der Waals surface area contributed by atoms with Crippen molar-refractivity contribution in [3.8, 4) is 0 Å². The van der Waals surface area contributed by atoms with E-state index in [2.05, 4.69) is 0 Å². The Balaban J connectivity index is 0. The van der Waals surface area contributed by atoms with Crippen molar-refractivity contribution in [1.29, 1.82) is 0 Å². The molecule has 34 valence electrons. The molecule has 0 atom stereocenters. The minimum absolute atomic E-state index is 0. The molecule has 4 radical (unpaired) electrons. The van der Waals surface area contributed by atoms with E-state index in [1.54, 1.807) is 0 Å². The van der Waals surface area contributed by atoms with Gasteiger partial charge in [-0.3, -0.25) is 4.79 Å². The third-order valence-electron chi connectivity index (χ3n) is 0.114. The molecule has 0 aliphatic carbocycles. The van der Waals surface area contributed by atoms with Gasteiger partial charge in [0.05, 0.1) is 0 Å². The van der Waals surface area contributed by atoms with E-state index in [0.717, 1.165) is 0 Å². The third kappa shape index (κ3) is 8.82. The van der Waals surface area contributed by atoms with Crippen LogP contribution >= 0.6 is 11.6 Å². The van der Waals surface area contributed by atoms with Crippen LogP contribution in [0.1, 0.15) is 0 Å². The maximum Gasteiger partial charge on any atom is 0.318 e. The quantitative estimate of drug-likeness (QED) is 0.544. The summed E-state index contributed by atoms with van der Waals surface area (Å²) in [7, 11) is 0. The molecule has 0 heterocycles. The zero-order valence-corrected chi connectivity index (χ0v) is 7.58. The van der Waals surface area contributed by atoms with Gasteiger partial charge in [-0.25, -0.2) is 0 Å². The van der Waals surface area contributed by atoms with E-state index in [9.17, 15) is 4.79 Å². The smallest absolute Gasteiger partial charge is 0.318 e. The van der Waals surface area contributed by atoms with Crippen molar-refractivity contribution in [2.24, 2.45) is 0 Å². The first-order chi connectivity index (χ1) is 2.27. The maximum atomic E-state index is 9.24. The first-order valence-electron chi connectivity index (χ1n) is 1.05. The molecule has 0 aliphatic heterocycles. The van der Waals surface area contributed by atoms with Crippen LogP contribution < -0.4 is 0 Å². The van der Waals surface area contributed by atoms with Crippen LogP contribution in [0.3, 0.4) is 0 Å². The number of halogens is 1. The maximum absolute atomic E-state index is 9.24. The summed E-state index contributed by atoms with van der Waals surface area (Å²) in [6.45, 7) is 0. The molecule has 1 N–H and O–H groups in total. The summed E-state index contributed by atoms with van der Waals surface area (Å²) in [5.74, 6) is -1.29. The summed E-state index contributed by atoms with van der Waals surface area (Å²) in [6, 6.07) is 0. The molecule has 2 nitrogen and oxygen atoms in total. The number of alkyl halides is 1. The first-order valence-corrected chi connectivity index (χ1v) is 1.58. The largest absolute Gasteiger partial charge is 0.480 e. The molecule has 0 aromatic rings. The van der Waals surface area contributed by atoms with Gasteiger partial charge < -0.3 is 5.11 Å². The number of carbonyl (C=O) groups is 1. The van der Waals surface area contributed by atoms with Crippen molar-refractivity contribution in [3.05, 3.63) is 0 Å². The average molecular weight is 302 g/mol. The molecule has 0 spiro atoms. The fourth-order valence-electron chi connectivity index (χ4n) is 0. The van der Waals surface area contributed by atoms with Gasteiger partial charge in [-0.1, -0.05) is 0 Å². The minimum atomic E-state index is -0.980. The Morgan fingerprint density at radius 3 is 2.00 bits per heavy atom. The summed E-state index contributed by atoms with van der Waals surface area (Å²) >= 11 is 4.74. The van der Waals surface area contributed by atoms with Crippen LogP contribution in [0.2, 0.25) is 0 Å². The van der Waals surface area contributed by atoms with Gasteiger partial charge in [-0.05, 0) is 0 Å². The number of aliphatic carboxylic acids is 1. The van der Waals surface area contributed by atoms with E-state index >= 15 is 0 Å². The summed E-state index contributed by atoms with van der Waals surface area (Å²) < 4.78 is 0. The van der Waals surface area contributed by atoms with Gasteiger partial charge in [0.1, 0.15) is 5.88 Å². The van der Waals surface area contributed by atoms with Gasteiger partial charge in [0.15, 0.2) is 0 Å². The zero-order valence-electron chi connectivity index (χ0n) is 2.94. The predicted octanol–water partition coefficient (Wildman–Crippen LogP) is -0.0710. The Morgan fingerprint density at radius 2 is 2.00 bits per heavy atom. The Hall–Kier alpha value is 0.682. The second-order valence-corrected chi connectivity index (χ2v) is 0.795.